The van der Waals surface area contributed by atoms with Crippen LogP contribution in [0.4, 0.5) is 0 Å². The van der Waals surface area contributed by atoms with Gasteiger partial charge in [0, 0.05) is 51.6 Å². The van der Waals surface area contributed by atoms with Crippen LogP contribution in [0.3, 0.4) is 0 Å². The van der Waals surface area contributed by atoms with E-state index in [9.17, 15) is 4.79 Å². The lowest BCUT2D eigenvalue weighted by Crippen LogP contribution is -2.04. The molecule has 0 fully saturated rings. The van der Waals surface area contributed by atoms with E-state index in [0.29, 0.717) is 13.2 Å². The average molecular weight is 539 g/mol. The topological polar surface area (TPSA) is 80.0 Å². The van der Waals surface area contributed by atoms with E-state index >= 15 is 0 Å². The van der Waals surface area contributed by atoms with E-state index in [1.807, 2.05) is 48.7 Å². The van der Waals surface area contributed by atoms with E-state index in [2.05, 4.69) is 39.7 Å². The number of ketones is 1. The first-order chi connectivity index (χ1) is 19.7. The second-order valence-corrected chi connectivity index (χ2v) is 10.6. The highest BCUT2D eigenvalue weighted by Gasteiger charge is 2.19. The van der Waals surface area contributed by atoms with Gasteiger partial charge in [-0.1, -0.05) is 106 Å². The minimum atomic E-state index is 0.0611. The summed E-state index contributed by atoms with van der Waals surface area (Å²) in [6, 6.07) is 20.2. The third-order valence-electron chi connectivity index (χ3n) is 7.64. The van der Waals surface area contributed by atoms with Crippen molar-refractivity contribution in [1.29, 1.82) is 0 Å². The van der Waals surface area contributed by atoms with Crippen LogP contribution in [-0.2, 0) is 6.54 Å². The summed E-state index contributed by atoms with van der Waals surface area (Å²) in [6.07, 6.45) is 14.7. The summed E-state index contributed by atoms with van der Waals surface area (Å²) in [6.45, 7) is 4.42. The molecule has 1 heterocycles. The molecule has 0 amide bonds. The third kappa shape index (κ3) is 7.67. The van der Waals surface area contributed by atoms with E-state index in [1.54, 1.807) is 0 Å². The number of nitrogens with zero attached hydrogens (tertiary/aromatic N) is 4. The van der Waals surface area contributed by atoms with Gasteiger partial charge in [-0.25, -0.2) is 0 Å². The van der Waals surface area contributed by atoms with Gasteiger partial charge in [-0.15, -0.1) is 0 Å². The molecule has 0 bridgehead atoms. The van der Waals surface area contributed by atoms with Crippen molar-refractivity contribution in [1.82, 2.24) is 4.57 Å². The SMILES string of the molecule is CCCCCn1cc(C(=O)c2ccc(OCCCCCCCCCCN=[N+]=[N-])c3ccccc23)c2ccccc21. The highest BCUT2D eigenvalue weighted by molar-refractivity contribution is 6.21. The van der Waals surface area contributed by atoms with Gasteiger partial charge in [-0.3, -0.25) is 4.79 Å². The molecular formula is C34H42N4O2. The summed E-state index contributed by atoms with van der Waals surface area (Å²) in [7, 11) is 0. The van der Waals surface area contributed by atoms with Gasteiger partial charge in [0.15, 0.2) is 5.78 Å². The van der Waals surface area contributed by atoms with Gasteiger partial charge in [0.1, 0.15) is 5.75 Å². The van der Waals surface area contributed by atoms with Crippen LogP contribution in [0.1, 0.15) is 93.5 Å². The normalized spacial score (nSPS) is 11.1. The molecule has 0 saturated heterocycles. The van der Waals surface area contributed by atoms with Crippen molar-refractivity contribution in [2.24, 2.45) is 5.11 Å². The number of aryl methyl sites for hydroxylation is 1. The number of rotatable bonds is 18. The van der Waals surface area contributed by atoms with Crippen LogP contribution in [0.25, 0.3) is 32.1 Å². The first-order valence-electron chi connectivity index (χ1n) is 15.0. The maximum atomic E-state index is 13.9. The highest BCUT2D eigenvalue weighted by Crippen LogP contribution is 2.32. The second-order valence-electron chi connectivity index (χ2n) is 10.6. The van der Waals surface area contributed by atoms with Crippen molar-refractivity contribution in [2.75, 3.05) is 13.2 Å². The maximum Gasteiger partial charge on any atom is 0.195 e. The monoisotopic (exact) mass is 538 g/mol. The van der Waals surface area contributed by atoms with Gasteiger partial charge >= 0.3 is 0 Å². The molecule has 40 heavy (non-hydrogen) atoms. The predicted molar refractivity (Wildman–Crippen MR) is 165 cm³/mol. The number of carbonyl (C=O) groups is 1. The molecule has 0 spiro atoms. The van der Waals surface area contributed by atoms with Crippen LogP contribution in [0.2, 0.25) is 0 Å². The molecule has 0 unspecified atom stereocenters. The Morgan fingerprint density at radius 1 is 0.775 bits per heavy atom. The van der Waals surface area contributed by atoms with Crippen LogP contribution in [-0.4, -0.2) is 23.5 Å². The Bertz CT molecular complexity index is 1430. The van der Waals surface area contributed by atoms with Gasteiger partial charge in [-0.05, 0) is 48.4 Å². The molecule has 210 valence electrons. The summed E-state index contributed by atoms with van der Waals surface area (Å²) in [5.41, 5.74) is 10.9. The lowest BCUT2D eigenvalue weighted by molar-refractivity contribution is 0.104. The lowest BCUT2D eigenvalue weighted by Gasteiger charge is -2.12. The van der Waals surface area contributed by atoms with Gasteiger partial charge in [0.2, 0.25) is 0 Å². The van der Waals surface area contributed by atoms with E-state index in [0.717, 1.165) is 77.2 Å². The van der Waals surface area contributed by atoms with Crippen LogP contribution in [0.15, 0.2) is 72.0 Å². The number of benzene rings is 3. The van der Waals surface area contributed by atoms with E-state index in [4.69, 9.17) is 10.3 Å². The zero-order valence-electron chi connectivity index (χ0n) is 23.9. The molecule has 6 heteroatoms. The number of azide groups is 1. The van der Waals surface area contributed by atoms with E-state index in [1.165, 1.54) is 38.5 Å². The quantitative estimate of drug-likeness (QED) is 0.0415. The van der Waals surface area contributed by atoms with Crippen LogP contribution < -0.4 is 4.74 Å². The highest BCUT2D eigenvalue weighted by atomic mass is 16.5. The largest absolute Gasteiger partial charge is 0.493 e. The molecule has 4 aromatic rings. The fraction of sp³-hybridized carbons (Fsp3) is 0.441. The molecule has 0 atom stereocenters. The summed E-state index contributed by atoms with van der Waals surface area (Å²) < 4.78 is 8.46. The Balaban J connectivity index is 1.37. The molecule has 4 rings (SSSR count). The Labute approximate surface area is 238 Å². The Morgan fingerprint density at radius 3 is 2.20 bits per heavy atom. The first kappa shape index (κ1) is 29.2. The number of carbonyl (C=O) groups excluding carboxylic acids is 1. The van der Waals surface area contributed by atoms with Gasteiger partial charge in [0.05, 0.1) is 6.61 Å². The lowest BCUT2D eigenvalue weighted by atomic mass is 9.96. The fourth-order valence-electron chi connectivity index (χ4n) is 5.46. The summed E-state index contributed by atoms with van der Waals surface area (Å²) in [5, 5.41) is 6.52. The molecule has 0 saturated carbocycles. The molecule has 0 aliphatic carbocycles. The van der Waals surface area contributed by atoms with Crippen LogP contribution >= 0.6 is 0 Å². The molecule has 0 aliphatic heterocycles. The molecule has 0 radical (unpaired) electrons. The summed E-state index contributed by atoms with van der Waals surface area (Å²) >= 11 is 0. The first-order valence-corrected chi connectivity index (χ1v) is 15.0. The van der Waals surface area contributed by atoms with Gasteiger partial charge in [0.25, 0.3) is 0 Å². The van der Waals surface area contributed by atoms with Crippen LogP contribution in [0.5, 0.6) is 5.75 Å². The standard InChI is InChI=1S/C34H42N4O2/c1-2-3-15-24-38-26-31(28-18-12-13-20-32(28)38)34(39)30-21-22-33(29-19-11-10-17-27(29)30)40-25-16-9-7-5-4-6-8-14-23-36-37-35/h10-13,17-22,26H,2-9,14-16,23-25H2,1H3. The zero-order valence-corrected chi connectivity index (χ0v) is 23.9. The number of unbranched alkanes of at least 4 members (excludes halogenated alkanes) is 9. The third-order valence-corrected chi connectivity index (χ3v) is 7.64. The van der Waals surface area contributed by atoms with Crippen LogP contribution in [0, 0.1) is 0 Å². The average Bonchev–Trinajstić information content (AvgIpc) is 3.36. The Morgan fingerprint density at radius 2 is 1.45 bits per heavy atom. The fourth-order valence-corrected chi connectivity index (χ4v) is 5.46. The molecule has 3 aromatic carbocycles. The molecule has 6 nitrogen and oxygen atoms in total. The number of hydrogen-bond donors (Lipinski definition) is 0. The van der Waals surface area contributed by atoms with Crippen molar-refractivity contribution >= 4 is 27.5 Å². The zero-order chi connectivity index (χ0) is 28.0. The number of hydrogen-bond acceptors (Lipinski definition) is 3. The Kier molecular flexibility index (Phi) is 11.5. The van der Waals surface area contributed by atoms with Crippen molar-refractivity contribution in [3.63, 3.8) is 0 Å². The minimum Gasteiger partial charge on any atom is -0.493 e. The summed E-state index contributed by atoms with van der Waals surface area (Å²) in [5.74, 6) is 0.903. The predicted octanol–water partition coefficient (Wildman–Crippen LogP) is 10.0. The number of fused-ring (bicyclic) bond motifs is 2. The van der Waals surface area contributed by atoms with E-state index in [-0.39, 0.29) is 5.78 Å². The van der Waals surface area contributed by atoms with Crippen molar-refractivity contribution in [3.8, 4) is 5.75 Å². The maximum absolute atomic E-state index is 13.9. The van der Waals surface area contributed by atoms with Gasteiger partial charge in [-0.2, -0.15) is 0 Å². The summed E-state index contributed by atoms with van der Waals surface area (Å²) in [4.78, 5) is 16.7. The van der Waals surface area contributed by atoms with Crippen molar-refractivity contribution in [3.05, 3.63) is 88.4 Å². The smallest absolute Gasteiger partial charge is 0.195 e. The van der Waals surface area contributed by atoms with Crippen molar-refractivity contribution in [2.45, 2.75) is 84.1 Å². The van der Waals surface area contributed by atoms with Crippen molar-refractivity contribution < 1.29 is 9.53 Å². The number of aromatic nitrogens is 1. The second kappa shape index (κ2) is 15.7. The molecular weight excluding hydrogens is 496 g/mol. The van der Waals surface area contributed by atoms with Gasteiger partial charge < -0.3 is 9.30 Å². The number of ether oxygens (including phenoxy) is 1. The molecule has 0 aliphatic rings. The Hall–Kier alpha value is -3.76. The number of para-hydroxylation sites is 1. The molecule has 0 N–H and O–H groups in total. The minimum absolute atomic E-state index is 0.0611. The van der Waals surface area contributed by atoms with E-state index < -0.39 is 0 Å². The molecule has 1 aromatic heterocycles.